The highest BCUT2D eigenvalue weighted by atomic mass is 35.5. The molecular weight excluding hydrogens is 258 g/mol. The Labute approximate surface area is 120 Å². The fraction of sp³-hybridized carbons (Fsp3) is 0.333. The van der Waals surface area contributed by atoms with E-state index in [1.807, 2.05) is 18.2 Å². The van der Waals surface area contributed by atoms with Crippen LogP contribution in [0.15, 0.2) is 51.8 Å². The zero-order valence-electron chi connectivity index (χ0n) is 11.7. The number of rotatable bonds is 6. The first kappa shape index (κ1) is 17.2. The molecular formula is C15H20ClN3. The summed E-state index contributed by atoms with van der Waals surface area (Å²) < 4.78 is 0. The van der Waals surface area contributed by atoms with Crippen LogP contribution in [-0.4, -0.2) is 6.21 Å². The summed E-state index contributed by atoms with van der Waals surface area (Å²) in [5.41, 5.74) is 6.99. The lowest BCUT2D eigenvalue weighted by atomic mass is 10.1. The molecule has 0 amide bonds. The lowest BCUT2D eigenvalue weighted by molar-refractivity contribution is 0.697. The number of nitriles is 1. The Bertz CT molecular complexity index is 472. The van der Waals surface area contributed by atoms with E-state index in [4.69, 9.17) is 22.6 Å². The molecule has 0 aliphatic rings. The predicted molar refractivity (Wildman–Crippen MR) is 82.7 cm³/mol. The minimum Gasteiger partial charge on any atom is -0.401 e. The van der Waals surface area contributed by atoms with Crippen LogP contribution in [0.3, 0.4) is 0 Å². The summed E-state index contributed by atoms with van der Waals surface area (Å²) in [5.74, 6) is 0.441. The van der Waals surface area contributed by atoms with E-state index in [1.54, 1.807) is 13.0 Å². The van der Waals surface area contributed by atoms with Crippen molar-refractivity contribution < 1.29 is 0 Å². The van der Waals surface area contributed by atoms with Gasteiger partial charge in [-0.25, -0.2) is 0 Å². The van der Waals surface area contributed by atoms with Gasteiger partial charge >= 0.3 is 0 Å². The van der Waals surface area contributed by atoms with E-state index < -0.39 is 0 Å². The molecule has 0 aliphatic heterocycles. The lowest BCUT2D eigenvalue weighted by Crippen LogP contribution is -1.94. The number of nitrogens with zero attached hydrogens (tertiary/aromatic N) is 2. The van der Waals surface area contributed by atoms with Gasteiger partial charge in [0.25, 0.3) is 0 Å². The summed E-state index contributed by atoms with van der Waals surface area (Å²) in [4.78, 5) is 4.21. The van der Waals surface area contributed by atoms with E-state index in [9.17, 15) is 0 Å². The van der Waals surface area contributed by atoms with Gasteiger partial charge in [0.15, 0.2) is 0 Å². The van der Waals surface area contributed by atoms with Crippen LogP contribution < -0.4 is 5.73 Å². The zero-order valence-corrected chi connectivity index (χ0v) is 12.4. The summed E-state index contributed by atoms with van der Waals surface area (Å²) in [6.07, 6.45) is 7.99. The molecule has 1 atom stereocenters. The minimum atomic E-state index is 0.338. The minimum absolute atomic E-state index is 0.338. The van der Waals surface area contributed by atoms with E-state index >= 15 is 0 Å². The number of aliphatic imine (C=N–C) groups is 1. The monoisotopic (exact) mass is 277 g/mol. The standard InChI is InChI=1S/C15H20ClN3/c1-5-11(2)6-7-14(8-12(3)9-17)19-10-15(16)13(4)18/h6-8,10-11H,3,5,18H2,1-2,4H3/b7-6-,14-8+,15-13?,19-10?. The molecule has 0 aromatic rings. The highest BCUT2D eigenvalue weighted by Crippen LogP contribution is 2.10. The molecule has 4 heteroatoms. The molecule has 19 heavy (non-hydrogen) atoms. The Morgan fingerprint density at radius 1 is 1.58 bits per heavy atom. The SMILES string of the molecule is C=C(C#N)/C=C(\C=C/C(C)CC)N=CC(Cl)=C(C)N. The number of allylic oxidation sites excluding steroid dienone is 6. The molecule has 3 nitrogen and oxygen atoms in total. The van der Waals surface area contributed by atoms with Crippen molar-refractivity contribution in [1.82, 2.24) is 0 Å². The second kappa shape index (κ2) is 9.18. The molecule has 102 valence electrons. The molecule has 0 radical (unpaired) electrons. The average Bonchev–Trinajstić information content (AvgIpc) is 2.40. The van der Waals surface area contributed by atoms with Gasteiger partial charge in [0.05, 0.1) is 16.8 Å². The van der Waals surface area contributed by atoms with Gasteiger partial charge < -0.3 is 5.73 Å². The van der Waals surface area contributed by atoms with Gasteiger partial charge in [0.2, 0.25) is 0 Å². The Morgan fingerprint density at radius 2 is 2.21 bits per heavy atom. The van der Waals surface area contributed by atoms with Crippen molar-refractivity contribution in [2.24, 2.45) is 16.6 Å². The Hall–Kier alpha value is -1.79. The third-order valence-corrected chi connectivity index (χ3v) is 2.80. The molecule has 0 heterocycles. The fourth-order valence-corrected chi connectivity index (χ4v) is 1.02. The van der Waals surface area contributed by atoms with Crippen molar-refractivity contribution in [2.45, 2.75) is 27.2 Å². The van der Waals surface area contributed by atoms with Crippen LogP contribution in [0.2, 0.25) is 0 Å². The van der Waals surface area contributed by atoms with Gasteiger partial charge in [0, 0.05) is 17.5 Å². The summed E-state index contributed by atoms with van der Waals surface area (Å²) in [7, 11) is 0. The first-order chi connectivity index (χ1) is 8.90. The second-order valence-corrected chi connectivity index (χ2v) is 4.65. The zero-order chi connectivity index (χ0) is 14.8. The smallest absolute Gasteiger partial charge is 0.0986 e. The van der Waals surface area contributed by atoms with Gasteiger partial charge in [-0.2, -0.15) is 5.26 Å². The van der Waals surface area contributed by atoms with Crippen LogP contribution in [-0.2, 0) is 0 Å². The molecule has 0 spiro atoms. The van der Waals surface area contributed by atoms with Gasteiger partial charge in [-0.1, -0.05) is 44.5 Å². The van der Waals surface area contributed by atoms with Crippen molar-refractivity contribution in [2.75, 3.05) is 0 Å². The van der Waals surface area contributed by atoms with Crippen molar-refractivity contribution in [3.63, 3.8) is 0 Å². The molecule has 0 aromatic heterocycles. The Balaban J connectivity index is 5.17. The normalized spacial score (nSPS) is 15.4. The van der Waals surface area contributed by atoms with Crippen LogP contribution in [0.5, 0.6) is 0 Å². The molecule has 2 N–H and O–H groups in total. The van der Waals surface area contributed by atoms with Crippen LogP contribution in [0.1, 0.15) is 27.2 Å². The third kappa shape index (κ3) is 8.01. The predicted octanol–water partition coefficient (Wildman–Crippen LogP) is 4.05. The molecule has 0 aliphatic carbocycles. The van der Waals surface area contributed by atoms with E-state index in [0.717, 1.165) is 6.42 Å². The Morgan fingerprint density at radius 3 is 2.68 bits per heavy atom. The van der Waals surface area contributed by atoms with Crippen LogP contribution in [0, 0.1) is 17.2 Å². The molecule has 0 fully saturated rings. The second-order valence-electron chi connectivity index (χ2n) is 4.24. The largest absolute Gasteiger partial charge is 0.401 e. The van der Waals surface area contributed by atoms with Crippen molar-refractivity contribution in [3.8, 4) is 6.07 Å². The van der Waals surface area contributed by atoms with Gasteiger partial charge in [-0.05, 0) is 25.0 Å². The maximum Gasteiger partial charge on any atom is 0.0986 e. The van der Waals surface area contributed by atoms with Crippen LogP contribution >= 0.6 is 11.6 Å². The number of nitrogens with two attached hydrogens (primary N) is 1. The van der Waals surface area contributed by atoms with Gasteiger partial charge in [-0.3, -0.25) is 4.99 Å². The van der Waals surface area contributed by atoms with Gasteiger partial charge in [-0.15, -0.1) is 0 Å². The topological polar surface area (TPSA) is 62.2 Å². The highest BCUT2D eigenvalue weighted by molar-refractivity contribution is 6.39. The summed E-state index contributed by atoms with van der Waals surface area (Å²) in [5, 5.41) is 9.13. The summed E-state index contributed by atoms with van der Waals surface area (Å²) in [6, 6.07) is 1.96. The summed E-state index contributed by atoms with van der Waals surface area (Å²) in [6.45, 7) is 9.51. The van der Waals surface area contributed by atoms with Crippen molar-refractivity contribution in [3.05, 3.63) is 46.8 Å². The van der Waals surface area contributed by atoms with Crippen molar-refractivity contribution >= 4 is 17.8 Å². The third-order valence-electron chi connectivity index (χ3n) is 2.41. The van der Waals surface area contributed by atoms with Crippen LogP contribution in [0.4, 0.5) is 0 Å². The molecule has 0 aromatic carbocycles. The van der Waals surface area contributed by atoms with E-state index in [2.05, 4.69) is 25.4 Å². The molecule has 1 unspecified atom stereocenters. The van der Waals surface area contributed by atoms with E-state index in [0.29, 0.717) is 27.9 Å². The van der Waals surface area contributed by atoms with Gasteiger partial charge in [0.1, 0.15) is 0 Å². The molecule has 0 saturated heterocycles. The number of hydrogen-bond donors (Lipinski definition) is 1. The average molecular weight is 278 g/mol. The molecule has 0 saturated carbocycles. The maximum absolute atomic E-state index is 8.75. The quantitative estimate of drug-likeness (QED) is 0.452. The van der Waals surface area contributed by atoms with E-state index in [-0.39, 0.29) is 0 Å². The Kier molecular flexibility index (Phi) is 8.32. The maximum atomic E-state index is 8.75. The fourth-order valence-electron chi connectivity index (χ4n) is 0.971. The van der Waals surface area contributed by atoms with Crippen LogP contribution in [0.25, 0.3) is 0 Å². The number of hydrogen-bond acceptors (Lipinski definition) is 3. The molecule has 0 rings (SSSR count). The van der Waals surface area contributed by atoms with Crippen molar-refractivity contribution in [1.29, 1.82) is 5.26 Å². The highest BCUT2D eigenvalue weighted by Gasteiger charge is 1.96. The molecule has 0 bridgehead atoms. The summed E-state index contributed by atoms with van der Waals surface area (Å²) >= 11 is 5.89. The first-order valence-electron chi connectivity index (χ1n) is 6.05. The lowest BCUT2D eigenvalue weighted by Gasteiger charge is -2.00. The first-order valence-corrected chi connectivity index (χ1v) is 6.43. The number of halogens is 1. The van der Waals surface area contributed by atoms with E-state index in [1.165, 1.54) is 6.21 Å².